The third-order valence-corrected chi connectivity index (χ3v) is 7.10. The highest BCUT2D eigenvalue weighted by Gasteiger charge is 2.39. The number of hydrogen-bond donors (Lipinski definition) is 1. The summed E-state index contributed by atoms with van der Waals surface area (Å²) in [4.78, 5) is 27.0. The molecule has 0 saturated carbocycles. The van der Waals surface area contributed by atoms with Gasteiger partial charge in [-0.25, -0.2) is 0 Å². The van der Waals surface area contributed by atoms with Gasteiger partial charge in [0, 0.05) is 53.8 Å². The van der Waals surface area contributed by atoms with Gasteiger partial charge >= 0.3 is 0 Å². The van der Waals surface area contributed by atoms with E-state index in [4.69, 9.17) is 0 Å². The molecule has 2 aromatic carbocycles. The van der Waals surface area contributed by atoms with Crippen LogP contribution in [0.25, 0.3) is 22.2 Å². The Labute approximate surface area is 180 Å². The van der Waals surface area contributed by atoms with E-state index in [1.54, 1.807) is 12.1 Å². The molecule has 2 aliphatic heterocycles. The molecular formula is C24H26N4O3. The Balaban J connectivity index is 1.56. The third-order valence-electron chi connectivity index (χ3n) is 7.10. The molecule has 2 bridgehead atoms. The van der Waals surface area contributed by atoms with Crippen LogP contribution in [-0.4, -0.2) is 45.5 Å². The van der Waals surface area contributed by atoms with Crippen molar-refractivity contribution in [1.82, 2.24) is 14.8 Å². The van der Waals surface area contributed by atoms with Crippen molar-refractivity contribution >= 4 is 22.5 Å². The number of rotatable bonds is 4. The van der Waals surface area contributed by atoms with Crippen LogP contribution in [0.15, 0.2) is 48.5 Å². The Morgan fingerprint density at radius 1 is 1.06 bits per heavy atom. The van der Waals surface area contributed by atoms with Crippen LogP contribution in [0.3, 0.4) is 0 Å². The summed E-state index contributed by atoms with van der Waals surface area (Å²) in [5.74, 6) is -0.104. The summed E-state index contributed by atoms with van der Waals surface area (Å²) in [6.07, 6.45) is 4.33. The highest BCUT2D eigenvalue weighted by Crippen LogP contribution is 2.37. The largest absolute Gasteiger partial charge is 0.349 e. The van der Waals surface area contributed by atoms with E-state index in [0.29, 0.717) is 28.9 Å². The number of aryl methyl sites for hydroxylation is 1. The summed E-state index contributed by atoms with van der Waals surface area (Å²) in [6.45, 7) is 0. The van der Waals surface area contributed by atoms with Crippen molar-refractivity contribution in [2.45, 2.75) is 43.8 Å². The predicted octanol–water partition coefficient (Wildman–Crippen LogP) is 4.11. The number of piperidine rings is 1. The number of carbonyl (C=O) groups is 1. The second-order valence-corrected chi connectivity index (χ2v) is 8.80. The molecular weight excluding hydrogens is 392 g/mol. The Morgan fingerprint density at radius 3 is 2.48 bits per heavy atom. The van der Waals surface area contributed by atoms with Crippen molar-refractivity contribution in [2.75, 3.05) is 7.05 Å². The van der Waals surface area contributed by atoms with Gasteiger partial charge in [0.25, 0.3) is 11.6 Å². The maximum atomic E-state index is 13.6. The summed E-state index contributed by atoms with van der Waals surface area (Å²) in [5, 5.41) is 15.5. The molecule has 3 aromatic rings. The lowest BCUT2D eigenvalue weighted by atomic mass is 9.97. The van der Waals surface area contributed by atoms with Crippen molar-refractivity contribution in [1.29, 1.82) is 0 Å². The van der Waals surface area contributed by atoms with E-state index < -0.39 is 4.92 Å². The average Bonchev–Trinajstić information content (AvgIpc) is 3.15. The highest BCUT2D eigenvalue weighted by atomic mass is 16.6. The lowest BCUT2D eigenvalue weighted by Crippen LogP contribution is -2.48. The van der Waals surface area contributed by atoms with Crippen LogP contribution in [0.1, 0.15) is 36.0 Å². The van der Waals surface area contributed by atoms with Crippen LogP contribution in [-0.2, 0) is 7.05 Å². The maximum absolute atomic E-state index is 13.6. The lowest BCUT2D eigenvalue weighted by Gasteiger charge is -2.36. The van der Waals surface area contributed by atoms with Gasteiger partial charge in [-0.05, 0) is 38.8 Å². The van der Waals surface area contributed by atoms with E-state index in [1.807, 2.05) is 41.9 Å². The fourth-order valence-corrected chi connectivity index (χ4v) is 5.51. The molecule has 1 N–H and O–H groups in total. The number of benzene rings is 2. The molecule has 2 aliphatic rings. The third kappa shape index (κ3) is 3.29. The van der Waals surface area contributed by atoms with Crippen molar-refractivity contribution in [3.63, 3.8) is 0 Å². The van der Waals surface area contributed by atoms with E-state index in [-0.39, 0.29) is 17.6 Å². The Bertz CT molecular complexity index is 1170. The van der Waals surface area contributed by atoms with Crippen LogP contribution in [0.4, 0.5) is 5.69 Å². The molecule has 0 radical (unpaired) electrons. The molecule has 5 rings (SSSR count). The molecule has 2 saturated heterocycles. The second-order valence-electron chi connectivity index (χ2n) is 8.80. The van der Waals surface area contributed by atoms with Crippen LogP contribution in [0, 0.1) is 10.1 Å². The normalized spacial score (nSPS) is 23.2. The van der Waals surface area contributed by atoms with Gasteiger partial charge in [-0.2, -0.15) is 0 Å². The SMILES string of the molecule is CN1C2CCC1CC(NC(=O)c1c(-c3cccc([N+](=O)[O-])c3)n(C)c3ccccc13)C2. The number of nitrogens with one attached hydrogen (secondary N) is 1. The zero-order valence-corrected chi connectivity index (χ0v) is 17.7. The van der Waals surface area contributed by atoms with E-state index in [9.17, 15) is 14.9 Å². The van der Waals surface area contributed by atoms with E-state index >= 15 is 0 Å². The molecule has 1 amide bonds. The number of nitro benzene ring substituents is 1. The van der Waals surface area contributed by atoms with Crippen LogP contribution >= 0.6 is 0 Å². The summed E-state index contributed by atoms with van der Waals surface area (Å²) in [6, 6.07) is 15.5. The van der Waals surface area contributed by atoms with Gasteiger partial charge < -0.3 is 14.8 Å². The molecule has 1 aromatic heterocycles. The first-order valence-electron chi connectivity index (χ1n) is 10.8. The smallest absolute Gasteiger partial charge is 0.270 e. The lowest BCUT2D eigenvalue weighted by molar-refractivity contribution is -0.384. The standard InChI is InChI=1S/C24H26N4O3/c1-26-17-10-11-18(26)14-16(13-17)25-24(29)22-20-8-3-4-9-21(20)27(2)23(22)15-6-5-7-19(12-15)28(30)31/h3-9,12,16-18H,10-11,13-14H2,1-2H3,(H,25,29). The fraction of sp³-hybridized carbons (Fsp3) is 0.375. The molecule has 31 heavy (non-hydrogen) atoms. The number of nitrogens with zero attached hydrogens (tertiary/aromatic N) is 3. The van der Waals surface area contributed by atoms with Crippen molar-refractivity contribution in [2.24, 2.45) is 7.05 Å². The number of nitro groups is 1. The number of hydrogen-bond acceptors (Lipinski definition) is 4. The number of non-ortho nitro benzene ring substituents is 1. The Kier molecular flexibility index (Phi) is 4.78. The quantitative estimate of drug-likeness (QED) is 0.511. The molecule has 7 heteroatoms. The molecule has 2 atom stereocenters. The van der Waals surface area contributed by atoms with Crippen LogP contribution < -0.4 is 5.32 Å². The van der Waals surface area contributed by atoms with Crippen LogP contribution in [0.5, 0.6) is 0 Å². The molecule has 0 aliphatic carbocycles. The Hall–Kier alpha value is -3.19. The summed E-state index contributed by atoms with van der Waals surface area (Å²) < 4.78 is 1.96. The van der Waals surface area contributed by atoms with Crippen molar-refractivity contribution < 1.29 is 9.72 Å². The van der Waals surface area contributed by atoms with E-state index in [2.05, 4.69) is 17.3 Å². The summed E-state index contributed by atoms with van der Waals surface area (Å²) >= 11 is 0. The number of fused-ring (bicyclic) bond motifs is 3. The minimum atomic E-state index is -0.403. The van der Waals surface area contributed by atoms with Crippen molar-refractivity contribution in [3.05, 3.63) is 64.2 Å². The first-order chi connectivity index (χ1) is 14.9. The zero-order valence-electron chi connectivity index (χ0n) is 17.7. The highest BCUT2D eigenvalue weighted by molar-refractivity contribution is 6.13. The van der Waals surface area contributed by atoms with Gasteiger partial charge in [-0.1, -0.05) is 30.3 Å². The molecule has 3 heterocycles. The number of carbonyl (C=O) groups excluding carboxylic acids is 1. The monoisotopic (exact) mass is 418 g/mol. The van der Waals surface area contributed by atoms with E-state index in [0.717, 1.165) is 23.7 Å². The fourth-order valence-electron chi connectivity index (χ4n) is 5.51. The number of aromatic nitrogens is 1. The molecule has 2 fully saturated rings. The van der Waals surface area contributed by atoms with Crippen LogP contribution in [0.2, 0.25) is 0 Å². The van der Waals surface area contributed by atoms with Gasteiger partial charge in [-0.15, -0.1) is 0 Å². The maximum Gasteiger partial charge on any atom is 0.270 e. The minimum absolute atomic E-state index is 0.0148. The molecule has 2 unspecified atom stereocenters. The van der Waals surface area contributed by atoms with Gasteiger partial charge in [-0.3, -0.25) is 14.9 Å². The second kappa shape index (κ2) is 7.50. The Morgan fingerprint density at radius 2 is 1.77 bits per heavy atom. The van der Waals surface area contributed by atoms with Gasteiger partial charge in [0.15, 0.2) is 0 Å². The average molecular weight is 418 g/mol. The van der Waals surface area contributed by atoms with Crippen molar-refractivity contribution in [3.8, 4) is 11.3 Å². The molecule has 7 nitrogen and oxygen atoms in total. The summed E-state index contributed by atoms with van der Waals surface area (Å²) in [5.41, 5.74) is 2.91. The number of amides is 1. The van der Waals surface area contributed by atoms with Gasteiger partial charge in [0.05, 0.1) is 16.2 Å². The molecule has 0 spiro atoms. The minimum Gasteiger partial charge on any atom is -0.349 e. The first-order valence-corrected chi connectivity index (χ1v) is 10.8. The predicted molar refractivity (Wildman–Crippen MR) is 120 cm³/mol. The number of para-hydroxylation sites is 1. The van der Waals surface area contributed by atoms with E-state index in [1.165, 1.54) is 18.9 Å². The topological polar surface area (TPSA) is 80.4 Å². The first kappa shape index (κ1) is 19.8. The summed E-state index contributed by atoms with van der Waals surface area (Å²) in [7, 11) is 4.09. The zero-order chi connectivity index (χ0) is 21.7. The molecule has 160 valence electrons. The van der Waals surface area contributed by atoms with Gasteiger partial charge in [0.1, 0.15) is 0 Å². The van der Waals surface area contributed by atoms with Gasteiger partial charge in [0.2, 0.25) is 0 Å².